The third kappa shape index (κ3) is 4.55. The number of aryl methyl sites for hydroxylation is 1. The molecule has 0 aliphatic carbocycles. The van der Waals surface area contributed by atoms with Crippen molar-refractivity contribution in [2.75, 3.05) is 26.0 Å². The van der Waals surface area contributed by atoms with E-state index < -0.39 is 6.04 Å². The fraction of sp³-hybridized carbons (Fsp3) is 0.429. The molecular formula is C14H21N3O3. The molecule has 4 N–H and O–H groups in total. The number of hydrogen-bond acceptors (Lipinski definition) is 4. The number of carbonyl (C=O) groups excluding carboxylic acids is 2. The molecule has 0 saturated heterocycles. The Bertz CT molecular complexity index is 489. The third-order valence-corrected chi connectivity index (χ3v) is 2.80. The fourth-order valence-corrected chi connectivity index (χ4v) is 1.64. The van der Waals surface area contributed by atoms with Gasteiger partial charge in [-0.2, -0.15) is 0 Å². The second kappa shape index (κ2) is 7.49. The van der Waals surface area contributed by atoms with Crippen molar-refractivity contribution in [2.45, 2.75) is 19.9 Å². The summed E-state index contributed by atoms with van der Waals surface area (Å²) in [6.07, 6.45) is 0. The van der Waals surface area contributed by atoms with E-state index in [0.29, 0.717) is 24.4 Å². The number of anilines is 1. The molecule has 1 aromatic carbocycles. The van der Waals surface area contributed by atoms with Gasteiger partial charge in [0.2, 0.25) is 5.91 Å². The van der Waals surface area contributed by atoms with Crippen molar-refractivity contribution in [3.05, 3.63) is 29.3 Å². The Morgan fingerprint density at radius 1 is 1.40 bits per heavy atom. The van der Waals surface area contributed by atoms with Crippen LogP contribution in [0.2, 0.25) is 0 Å². The van der Waals surface area contributed by atoms with E-state index in [0.717, 1.165) is 5.56 Å². The zero-order valence-corrected chi connectivity index (χ0v) is 12.0. The molecule has 1 rings (SSSR count). The number of amides is 2. The molecule has 1 atom stereocenters. The zero-order valence-electron chi connectivity index (χ0n) is 12.0. The Kier molecular flexibility index (Phi) is 5.99. The lowest BCUT2D eigenvalue weighted by molar-refractivity contribution is -0.122. The van der Waals surface area contributed by atoms with E-state index in [1.807, 2.05) is 13.0 Å². The lowest BCUT2D eigenvalue weighted by atomic mass is 10.1. The molecule has 1 aromatic rings. The van der Waals surface area contributed by atoms with Crippen LogP contribution in [0.3, 0.4) is 0 Å². The van der Waals surface area contributed by atoms with Crippen molar-refractivity contribution >= 4 is 17.5 Å². The van der Waals surface area contributed by atoms with Gasteiger partial charge in [-0.25, -0.2) is 0 Å². The van der Waals surface area contributed by atoms with Crippen molar-refractivity contribution in [1.82, 2.24) is 10.6 Å². The lowest BCUT2D eigenvalue weighted by Crippen LogP contribution is -2.45. The first-order valence-electron chi connectivity index (χ1n) is 6.39. The standard InChI is InChI=1S/C14H21N3O3/c1-9-4-5-12(15)11(8-9)14(19)17-10(2)13(18)16-6-7-20-3/h4-5,8,10H,6-7,15H2,1-3H3,(H,16,18)(H,17,19). The number of rotatable bonds is 6. The minimum atomic E-state index is -0.640. The molecule has 20 heavy (non-hydrogen) atoms. The molecule has 110 valence electrons. The van der Waals surface area contributed by atoms with Gasteiger partial charge < -0.3 is 21.1 Å². The average molecular weight is 279 g/mol. The number of nitrogen functional groups attached to an aromatic ring is 1. The molecule has 2 amide bonds. The fourth-order valence-electron chi connectivity index (χ4n) is 1.64. The smallest absolute Gasteiger partial charge is 0.254 e. The summed E-state index contributed by atoms with van der Waals surface area (Å²) in [5.41, 5.74) is 7.46. The minimum Gasteiger partial charge on any atom is -0.398 e. The molecular weight excluding hydrogens is 258 g/mol. The maximum absolute atomic E-state index is 12.1. The monoisotopic (exact) mass is 279 g/mol. The molecule has 0 fully saturated rings. The highest BCUT2D eigenvalue weighted by molar-refractivity contribution is 6.01. The van der Waals surface area contributed by atoms with Crippen LogP contribution < -0.4 is 16.4 Å². The van der Waals surface area contributed by atoms with E-state index in [1.165, 1.54) is 0 Å². The summed E-state index contributed by atoms with van der Waals surface area (Å²) in [6, 6.07) is 4.56. The zero-order chi connectivity index (χ0) is 15.1. The largest absolute Gasteiger partial charge is 0.398 e. The molecule has 6 heteroatoms. The van der Waals surface area contributed by atoms with Crippen LogP contribution in [-0.4, -0.2) is 38.1 Å². The van der Waals surface area contributed by atoms with Gasteiger partial charge in [0.25, 0.3) is 5.91 Å². The van der Waals surface area contributed by atoms with Crippen molar-refractivity contribution in [1.29, 1.82) is 0 Å². The Hall–Kier alpha value is -2.08. The van der Waals surface area contributed by atoms with Crippen LogP contribution in [0.1, 0.15) is 22.8 Å². The van der Waals surface area contributed by atoms with Crippen LogP contribution in [-0.2, 0) is 9.53 Å². The van der Waals surface area contributed by atoms with Crippen LogP contribution in [0.4, 0.5) is 5.69 Å². The van der Waals surface area contributed by atoms with E-state index in [-0.39, 0.29) is 11.8 Å². The highest BCUT2D eigenvalue weighted by atomic mass is 16.5. The van der Waals surface area contributed by atoms with Crippen LogP contribution in [0.15, 0.2) is 18.2 Å². The second-order valence-corrected chi connectivity index (χ2v) is 4.57. The van der Waals surface area contributed by atoms with E-state index >= 15 is 0 Å². The number of benzene rings is 1. The van der Waals surface area contributed by atoms with Crippen molar-refractivity contribution in [3.8, 4) is 0 Å². The summed E-state index contributed by atoms with van der Waals surface area (Å²) in [7, 11) is 1.55. The van der Waals surface area contributed by atoms with E-state index in [2.05, 4.69) is 10.6 Å². The summed E-state index contributed by atoms with van der Waals surface area (Å²) >= 11 is 0. The van der Waals surface area contributed by atoms with Crippen LogP contribution >= 0.6 is 0 Å². The van der Waals surface area contributed by atoms with Gasteiger partial charge >= 0.3 is 0 Å². The molecule has 0 aromatic heterocycles. The van der Waals surface area contributed by atoms with Gasteiger partial charge in [-0.05, 0) is 26.0 Å². The van der Waals surface area contributed by atoms with Crippen LogP contribution in [0, 0.1) is 6.92 Å². The van der Waals surface area contributed by atoms with Gasteiger partial charge in [0.15, 0.2) is 0 Å². The molecule has 6 nitrogen and oxygen atoms in total. The number of hydrogen-bond donors (Lipinski definition) is 3. The first kappa shape index (κ1) is 16.0. The second-order valence-electron chi connectivity index (χ2n) is 4.57. The molecule has 0 aliphatic rings. The Balaban J connectivity index is 2.61. The SMILES string of the molecule is COCCNC(=O)C(C)NC(=O)c1cc(C)ccc1N. The summed E-state index contributed by atoms with van der Waals surface area (Å²) < 4.78 is 4.83. The van der Waals surface area contributed by atoms with E-state index in [4.69, 9.17) is 10.5 Å². The molecule has 0 radical (unpaired) electrons. The van der Waals surface area contributed by atoms with Gasteiger partial charge in [-0.15, -0.1) is 0 Å². The highest BCUT2D eigenvalue weighted by Gasteiger charge is 2.17. The first-order chi connectivity index (χ1) is 9.45. The highest BCUT2D eigenvalue weighted by Crippen LogP contribution is 2.13. The predicted molar refractivity (Wildman–Crippen MR) is 77.4 cm³/mol. The Morgan fingerprint density at radius 3 is 2.75 bits per heavy atom. The van der Waals surface area contributed by atoms with Crippen LogP contribution in [0.25, 0.3) is 0 Å². The molecule has 0 spiro atoms. The summed E-state index contributed by atoms with van der Waals surface area (Å²) in [5, 5.41) is 5.28. The third-order valence-electron chi connectivity index (χ3n) is 2.80. The number of nitrogens with one attached hydrogen (secondary N) is 2. The maximum Gasteiger partial charge on any atom is 0.254 e. The minimum absolute atomic E-state index is 0.262. The van der Waals surface area contributed by atoms with Crippen molar-refractivity contribution in [2.24, 2.45) is 0 Å². The summed E-state index contributed by atoms with van der Waals surface area (Å²) in [5.74, 6) is -0.623. The van der Waals surface area contributed by atoms with E-state index in [9.17, 15) is 9.59 Å². The van der Waals surface area contributed by atoms with Gasteiger partial charge in [0.05, 0.1) is 12.2 Å². The van der Waals surface area contributed by atoms with Gasteiger partial charge in [0.1, 0.15) is 6.04 Å². The maximum atomic E-state index is 12.1. The first-order valence-corrected chi connectivity index (χ1v) is 6.39. The molecule has 0 saturated carbocycles. The number of methoxy groups -OCH3 is 1. The Labute approximate surface area is 118 Å². The normalized spacial score (nSPS) is 11.8. The van der Waals surface area contributed by atoms with Crippen molar-refractivity contribution in [3.63, 3.8) is 0 Å². The van der Waals surface area contributed by atoms with E-state index in [1.54, 1.807) is 26.2 Å². The molecule has 1 unspecified atom stereocenters. The lowest BCUT2D eigenvalue weighted by Gasteiger charge is -2.15. The summed E-state index contributed by atoms with van der Waals surface area (Å²) in [6.45, 7) is 4.32. The number of carbonyl (C=O) groups is 2. The molecule has 0 heterocycles. The number of nitrogens with two attached hydrogens (primary N) is 1. The summed E-state index contributed by atoms with van der Waals surface area (Å²) in [4.78, 5) is 23.8. The van der Waals surface area contributed by atoms with Gasteiger partial charge in [0, 0.05) is 19.3 Å². The quantitative estimate of drug-likeness (QED) is 0.521. The number of ether oxygens (including phenoxy) is 1. The average Bonchev–Trinajstić information content (AvgIpc) is 2.41. The van der Waals surface area contributed by atoms with Gasteiger partial charge in [-0.1, -0.05) is 11.6 Å². The predicted octanol–water partition coefficient (Wildman–Crippen LogP) is 0.458. The molecule has 0 bridgehead atoms. The van der Waals surface area contributed by atoms with Crippen LogP contribution in [0.5, 0.6) is 0 Å². The Morgan fingerprint density at radius 2 is 2.10 bits per heavy atom. The van der Waals surface area contributed by atoms with Gasteiger partial charge in [-0.3, -0.25) is 9.59 Å². The van der Waals surface area contributed by atoms with Crippen molar-refractivity contribution < 1.29 is 14.3 Å². The topological polar surface area (TPSA) is 93.5 Å². The molecule has 0 aliphatic heterocycles.